The predicted octanol–water partition coefficient (Wildman–Crippen LogP) is 5.23. The highest BCUT2D eigenvalue weighted by Crippen LogP contribution is 2.28. The Labute approximate surface area is 123 Å². The van der Waals surface area contributed by atoms with Crippen LogP contribution in [0.2, 0.25) is 0 Å². The van der Waals surface area contributed by atoms with E-state index in [9.17, 15) is 4.39 Å². The summed E-state index contributed by atoms with van der Waals surface area (Å²) < 4.78 is 13.0. The van der Waals surface area contributed by atoms with E-state index in [-0.39, 0.29) is 5.82 Å². The molecule has 0 radical (unpaired) electrons. The minimum Gasteiger partial charge on any atom is -0.307 e. The molecular weight excluding hydrogens is 249 g/mol. The van der Waals surface area contributed by atoms with Crippen LogP contribution in [-0.4, -0.2) is 6.04 Å². The fourth-order valence-electron chi connectivity index (χ4n) is 3.44. The first-order valence-electron chi connectivity index (χ1n) is 8.20. The highest BCUT2D eigenvalue weighted by Gasteiger charge is 2.19. The zero-order valence-corrected chi connectivity index (χ0v) is 12.9. The Morgan fingerprint density at radius 2 is 1.90 bits per heavy atom. The third kappa shape index (κ3) is 4.59. The van der Waals surface area contributed by atoms with E-state index in [4.69, 9.17) is 0 Å². The summed E-state index contributed by atoms with van der Waals surface area (Å²) in [6.45, 7) is 4.47. The monoisotopic (exact) mass is 277 g/mol. The Morgan fingerprint density at radius 1 is 1.15 bits per heavy atom. The fraction of sp³-hybridized carbons (Fsp3) is 0.667. The van der Waals surface area contributed by atoms with Gasteiger partial charge in [-0.3, -0.25) is 0 Å². The van der Waals surface area contributed by atoms with Gasteiger partial charge in [-0.15, -0.1) is 0 Å². The van der Waals surface area contributed by atoms with Crippen LogP contribution in [0.25, 0.3) is 0 Å². The fourth-order valence-corrected chi connectivity index (χ4v) is 3.44. The van der Waals surface area contributed by atoms with Crippen molar-refractivity contribution >= 4 is 0 Å². The zero-order chi connectivity index (χ0) is 14.4. The summed E-state index contributed by atoms with van der Waals surface area (Å²) in [5, 5.41) is 3.73. The van der Waals surface area contributed by atoms with E-state index in [0.717, 1.165) is 5.92 Å². The number of rotatable bonds is 5. The van der Waals surface area contributed by atoms with Crippen molar-refractivity contribution in [3.63, 3.8) is 0 Å². The summed E-state index contributed by atoms with van der Waals surface area (Å²) in [5.74, 6) is 0.783. The third-order valence-corrected chi connectivity index (χ3v) is 4.64. The van der Waals surface area contributed by atoms with Gasteiger partial charge in [0.1, 0.15) is 5.82 Å². The van der Waals surface area contributed by atoms with Gasteiger partial charge < -0.3 is 5.32 Å². The number of hydrogen-bond donors (Lipinski definition) is 1. The Balaban J connectivity index is 1.85. The standard InChI is InChI=1S/C18H28FN/c1-3-5-15-6-4-7-18(13-8-15)20-14(2)16-9-11-17(19)12-10-16/h9-12,14-15,18,20H,3-8,13H2,1-2H3/t14-,15?,18?/m1/s1. The maximum absolute atomic E-state index is 13.0. The molecular formula is C18H28FN. The van der Waals surface area contributed by atoms with Crippen LogP contribution in [0.4, 0.5) is 4.39 Å². The van der Waals surface area contributed by atoms with Crippen LogP contribution in [0.3, 0.4) is 0 Å². The van der Waals surface area contributed by atoms with Gasteiger partial charge in [-0.2, -0.15) is 0 Å². The summed E-state index contributed by atoms with van der Waals surface area (Å²) >= 11 is 0. The summed E-state index contributed by atoms with van der Waals surface area (Å²) in [6, 6.07) is 7.82. The lowest BCUT2D eigenvalue weighted by molar-refractivity contribution is 0.392. The van der Waals surface area contributed by atoms with E-state index in [1.165, 1.54) is 50.5 Å². The molecule has 2 rings (SSSR count). The molecule has 0 aromatic heterocycles. The lowest BCUT2D eigenvalue weighted by Gasteiger charge is -2.22. The molecule has 2 heteroatoms. The Bertz CT molecular complexity index is 387. The molecule has 1 nitrogen and oxygen atoms in total. The average Bonchev–Trinajstić information content (AvgIpc) is 2.66. The van der Waals surface area contributed by atoms with Gasteiger partial charge in [-0.1, -0.05) is 44.7 Å². The summed E-state index contributed by atoms with van der Waals surface area (Å²) in [7, 11) is 0. The van der Waals surface area contributed by atoms with Gasteiger partial charge in [-0.25, -0.2) is 4.39 Å². The molecule has 0 aliphatic heterocycles. The molecule has 20 heavy (non-hydrogen) atoms. The lowest BCUT2D eigenvalue weighted by Crippen LogP contribution is -2.31. The molecule has 1 aromatic carbocycles. The molecule has 0 saturated heterocycles. The van der Waals surface area contributed by atoms with Gasteiger partial charge in [0.25, 0.3) is 0 Å². The van der Waals surface area contributed by atoms with Crippen molar-refractivity contribution in [1.29, 1.82) is 0 Å². The minimum absolute atomic E-state index is 0.155. The molecule has 0 bridgehead atoms. The van der Waals surface area contributed by atoms with Gasteiger partial charge >= 0.3 is 0 Å². The van der Waals surface area contributed by atoms with Gasteiger partial charge in [0.15, 0.2) is 0 Å². The van der Waals surface area contributed by atoms with E-state index in [1.54, 1.807) is 12.1 Å². The van der Waals surface area contributed by atoms with Gasteiger partial charge in [0.05, 0.1) is 0 Å². The Hall–Kier alpha value is -0.890. The minimum atomic E-state index is -0.155. The van der Waals surface area contributed by atoms with Crippen molar-refractivity contribution in [1.82, 2.24) is 5.32 Å². The highest BCUT2D eigenvalue weighted by molar-refractivity contribution is 5.19. The Kier molecular flexibility index (Phi) is 6.03. The van der Waals surface area contributed by atoms with E-state index < -0.39 is 0 Å². The van der Waals surface area contributed by atoms with Crippen molar-refractivity contribution in [2.45, 2.75) is 70.9 Å². The largest absolute Gasteiger partial charge is 0.307 e. The maximum Gasteiger partial charge on any atom is 0.123 e. The topological polar surface area (TPSA) is 12.0 Å². The van der Waals surface area contributed by atoms with Gasteiger partial charge in [0, 0.05) is 12.1 Å². The quantitative estimate of drug-likeness (QED) is 0.727. The second-order valence-electron chi connectivity index (χ2n) is 6.30. The smallest absolute Gasteiger partial charge is 0.123 e. The van der Waals surface area contributed by atoms with E-state index >= 15 is 0 Å². The molecule has 0 heterocycles. The predicted molar refractivity (Wildman–Crippen MR) is 83.2 cm³/mol. The molecule has 1 aromatic rings. The number of benzene rings is 1. The van der Waals surface area contributed by atoms with Crippen molar-refractivity contribution in [3.05, 3.63) is 35.6 Å². The molecule has 112 valence electrons. The van der Waals surface area contributed by atoms with Crippen LogP contribution in [0.5, 0.6) is 0 Å². The average molecular weight is 277 g/mol. The molecule has 1 fully saturated rings. The van der Waals surface area contributed by atoms with Crippen molar-refractivity contribution in [2.24, 2.45) is 5.92 Å². The van der Waals surface area contributed by atoms with E-state index in [2.05, 4.69) is 19.2 Å². The first-order chi connectivity index (χ1) is 9.69. The summed E-state index contributed by atoms with van der Waals surface area (Å²) in [5.41, 5.74) is 1.18. The van der Waals surface area contributed by atoms with E-state index in [0.29, 0.717) is 12.1 Å². The highest BCUT2D eigenvalue weighted by atomic mass is 19.1. The molecule has 0 spiro atoms. The van der Waals surface area contributed by atoms with Crippen LogP contribution >= 0.6 is 0 Å². The van der Waals surface area contributed by atoms with Crippen LogP contribution in [0, 0.1) is 11.7 Å². The van der Waals surface area contributed by atoms with Crippen LogP contribution in [0.1, 0.15) is 70.4 Å². The molecule has 1 aliphatic rings. The first kappa shape index (κ1) is 15.5. The molecule has 2 unspecified atom stereocenters. The summed E-state index contributed by atoms with van der Waals surface area (Å²) in [6.07, 6.45) is 9.38. The second-order valence-corrected chi connectivity index (χ2v) is 6.30. The molecule has 0 amide bonds. The third-order valence-electron chi connectivity index (χ3n) is 4.64. The van der Waals surface area contributed by atoms with Gasteiger partial charge in [0.2, 0.25) is 0 Å². The number of hydrogen-bond acceptors (Lipinski definition) is 1. The van der Waals surface area contributed by atoms with E-state index in [1.807, 2.05) is 12.1 Å². The first-order valence-corrected chi connectivity index (χ1v) is 8.20. The zero-order valence-electron chi connectivity index (χ0n) is 12.9. The molecule has 1 N–H and O–H groups in total. The maximum atomic E-state index is 13.0. The van der Waals surface area contributed by atoms with Crippen LogP contribution in [0.15, 0.2) is 24.3 Å². The van der Waals surface area contributed by atoms with Crippen molar-refractivity contribution < 1.29 is 4.39 Å². The molecule has 1 aliphatic carbocycles. The molecule has 3 atom stereocenters. The van der Waals surface area contributed by atoms with Gasteiger partial charge in [-0.05, 0) is 49.8 Å². The number of nitrogens with one attached hydrogen (secondary N) is 1. The number of halogens is 1. The van der Waals surface area contributed by atoms with Crippen molar-refractivity contribution in [2.75, 3.05) is 0 Å². The summed E-state index contributed by atoms with van der Waals surface area (Å²) in [4.78, 5) is 0. The molecule has 1 saturated carbocycles. The van der Waals surface area contributed by atoms with Crippen LogP contribution < -0.4 is 5.32 Å². The SMILES string of the molecule is CCCC1CCCC(N[C@H](C)c2ccc(F)cc2)CC1. The Morgan fingerprint density at radius 3 is 2.60 bits per heavy atom. The lowest BCUT2D eigenvalue weighted by atomic mass is 9.95. The normalized spacial score (nSPS) is 25.1. The van der Waals surface area contributed by atoms with Crippen molar-refractivity contribution in [3.8, 4) is 0 Å². The second kappa shape index (κ2) is 7.78. The van der Waals surface area contributed by atoms with Crippen LogP contribution in [-0.2, 0) is 0 Å².